The van der Waals surface area contributed by atoms with E-state index in [4.69, 9.17) is 10.00 Å². The standard InChI is InChI=1S/C12H18N2O2/c1-11(2)6-12(3,7-14-9-15)5-4-10(11)16-8-13/h10H,4-7H2,1-3H3. The SMILES string of the molecule is CC1(CN=C=O)CCC(OC#N)C(C)(C)C1. The molecular formula is C12H18N2O2. The van der Waals surface area contributed by atoms with Gasteiger partial charge in [-0.2, -0.15) is 5.26 Å². The number of hydrogen-bond acceptors (Lipinski definition) is 4. The first-order valence-corrected chi connectivity index (χ1v) is 5.52. The van der Waals surface area contributed by atoms with Crippen LogP contribution in [0.1, 0.15) is 40.0 Å². The van der Waals surface area contributed by atoms with E-state index in [9.17, 15) is 4.79 Å². The molecule has 16 heavy (non-hydrogen) atoms. The highest BCUT2D eigenvalue weighted by atomic mass is 16.5. The first-order chi connectivity index (χ1) is 7.43. The monoisotopic (exact) mass is 222 g/mol. The molecule has 0 heterocycles. The van der Waals surface area contributed by atoms with Crippen molar-refractivity contribution in [3.05, 3.63) is 0 Å². The van der Waals surface area contributed by atoms with Gasteiger partial charge in [-0.25, -0.2) is 9.79 Å². The fourth-order valence-electron chi connectivity index (χ4n) is 2.81. The van der Waals surface area contributed by atoms with Crippen LogP contribution in [0, 0.1) is 22.3 Å². The molecule has 0 bridgehead atoms. The van der Waals surface area contributed by atoms with Gasteiger partial charge in [-0.1, -0.05) is 20.8 Å². The van der Waals surface area contributed by atoms with E-state index < -0.39 is 0 Å². The molecule has 4 nitrogen and oxygen atoms in total. The molecule has 0 aromatic heterocycles. The highest BCUT2D eigenvalue weighted by molar-refractivity contribution is 5.33. The molecule has 0 saturated heterocycles. The largest absolute Gasteiger partial charge is 0.424 e. The third kappa shape index (κ3) is 2.84. The van der Waals surface area contributed by atoms with Crippen LogP contribution in [0.25, 0.3) is 0 Å². The number of aliphatic imine (C=N–C) groups is 1. The van der Waals surface area contributed by atoms with Gasteiger partial charge < -0.3 is 4.74 Å². The molecule has 2 atom stereocenters. The molecule has 0 aromatic carbocycles. The maximum atomic E-state index is 10.2. The van der Waals surface area contributed by atoms with Gasteiger partial charge in [-0.3, -0.25) is 0 Å². The van der Waals surface area contributed by atoms with Gasteiger partial charge in [-0.05, 0) is 24.7 Å². The lowest BCUT2D eigenvalue weighted by Gasteiger charge is -2.45. The van der Waals surface area contributed by atoms with Crippen LogP contribution in [0.2, 0.25) is 0 Å². The van der Waals surface area contributed by atoms with E-state index in [1.807, 2.05) is 0 Å². The molecule has 88 valence electrons. The second-order valence-electron chi connectivity index (χ2n) is 5.62. The molecule has 2 unspecified atom stereocenters. The van der Waals surface area contributed by atoms with Crippen molar-refractivity contribution in [2.75, 3.05) is 6.54 Å². The Balaban J connectivity index is 2.73. The lowest BCUT2D eigenvalue weighted by molar-refractivity contribution is -0.0356. The third-order valence-corrected chi connectivity index (χ3v) is 3.48. The summed E-state index contributed by atoms with van der Waals surface area (Å²) in [6.45, 7) is 6.82. The summed E-state index contributed by atoms with van der Waals surface area (Å²) >= 11 is 0. The van der Waals surface area contributed by atoms with Crippen LogP contribution >= 0.6 is 0 Å². The van der Waals surface area contributed by atoms with Crippen molar-refractivity contribution in [2.24, 2.45) is 15.8 Å². The van der Waals surface area contributed by atoms with Crippen LogP contribution in [0.3, 0.4) is 0 Å². The summed E-state index contributed by atoms with van der Waals surface area (Å²) in [7, 11) is 0. The topological polar surface area (TPSA) is 62.4 Å². The van der Waals surface area contributed by atoms with Crippen molar-refractivity contribution >= 4 is 6.08 Å². The summed E-state index contributed by atoms with van der Waals surface area (Å²) < 4.78 is 5.09. The summed E-state index contributed by atoms with van der Waals surface area (Å²) in [4.78, 5) is 13.9. The number of nitriles is 1. The molecule has 1 saturated carbocycles. The maximum Gasteiger partial charge on any atom is 0.286 e. The molecule has 1 rings (SSSR count). The van der Waals surface area contributed by atoms with E-state index in [0.29, 0.717) is 6.54 Å². The summed E-state index contributed by atoms with van der Waals surface area (Å²) in [6.07, 6.45) is 6.01. The first-order valence-electron chi connectivity index (χ1n) is 5.52. The van der Waals surface area contributed by atoms with Crippen molar-refractivity contribution in [3.8, 4) is 6.26 Å². The van der Waals surface area contributed by atoms with Crippen LogP contribution in [-0.4, -0.2) is 18.7 Å². The van der Waals surface area contributed by atoms with Gasteiger partial charge in [0.05, 0.1) is 6.54 Å². The molecule has 0 spiro atoms. The van der Waals surface area contributed by atoms with Crippen LogP contribution in [0.5, 0.6) is 0 Å². The summed E-state index contributed by atoms with van der Waals surface area (Å²) in [5.41, 5.74) is -0.0304. The Bertz CT molecular complexity index is 339. The lowest BCUT2D eigenvalue weighted by Crippen LogP contribution is -2.43. The highest BCUT2D eigenvalue weighted by Gasteiger charge is 2.44. The molecule has 1 fully saturated rings. The average Bonchev–Trinajstić information content (AvgIpc) is 2.19. The van der Waals surface area contributed by atoms with Crippen molar-refractivity contribution in [3.63, 3.8) is 0 Å². The number of isocyanates is 1. The molecule has 0 aliphatic heterocycles. The number of rotatable bonds is 3. The second-order valence-corrected chi connectivity index (χ2v) is 5.62. The molecule has 0 N–H and O–H groups in total. The van der Waals surface area contributed by atoms with Gasteiger partial charge in [0.25, 0.3) is 6.26 Å². The van der Waals surface area contributed by atoms with Crippen molar-refractivity contribution in [1.82, 2.24) is 0 Å². The smallest absolute Gasteiger partial charge is 0.286 e. The average molecular weight is 222 g/mol. The van der Waals surface area contributed by atoms with Gasteiger partial charge in [0.2, 0.25) is 6.08 Å². The lowest BCUT2D eigenvalue weighted by atomic mass is 9.63. The van der Waals surface area contributed by atoms with Gasteiger partial charge in [0.1, 0.15) is 6.10 Å². The van der Waals surface area contributed by atoms with Crippen LogP contribution in [0.15, 0.2) is 4.99 Å². The van der Waals surface area contributed by atoms with Gasteiger partial charge in [0.15, 0.2) is 0 Å². The minimum Gasteiger partial charge on any atom is -0.424 e. The maximum absolute atomic E-state index is 10.2. The fraction of sp³-hybridized carbons (Fsp3) is 0.833. The molecule has 0 amide bonds. The fourth-order valence-corrected chi connectivity index (χ4v) is 2.81. The number of ether oxygens (including phenoxy) is 1. The van der Waals surface area contributed by atoms with Crippen molar-refractivity contribution in [1.29, 1.82) is 5.26 Å². The highest BCUT2D eigenvalue weighted by Crippen LogP contribution is 2.47. The first kappa shape index (κ1) is 12.7. The van der Waals surface area contributed by atoms with E-state index in [0.717, 1.165) is 19.3 Å². The van der Waals surface area contributed by atoms with Crippen LogP contribution in [-0.2, 0) is 9.53 Å². The molecule has 4 heteroatoms. The number of nitrogens with zero attached hydrogens (tertiary/aromatic N) is 2. The third-order valence-electron chi connectivity index (χ3n) is 3.48. The minimum absolute atomic E-state index is 0.0224. The van der Waals surface area contributed by atoms with Gasteiger partial charge in [-0.15, -0.1) is 0 Å². The molecule has 1 aliphatic rings. The van der Waals surface area contributed by atoms with Crippen LogP contribution in [0.4, 0.5) is 0 Å². The minimum atomic E-state index is -0.0544. The predicted octanol–water partition coefficient (Wildman–Crippen LogP) is 2.40. The second kappa shape index (κ2) is 4.67. The molecule has 0 aromatic rings. The van der Waals surface area contributed by atoms with Gasteiger partial charge in [0, 0.05) is 5.41 Å². The Morgan fingerprint density at radius 3 is 2.69 bits per heavy atom. The molecular weight excluding hydrogens is 204 g/mol. The van der Waals surface area contributed by atoms with E-state index in [1.54, 1.807) is 12.3 Å². The zero-order valence-electron chi connectivity index (χ0n) is 10.1. The Morgan fingerprint density at radius 2 is 2.19 bits per heavy atom. The zero-order chi connectivity index (χ0) is 12.2. The van der Waals surface area contributed by atoms with E-state index >= 15 is 0 Å². The summed E-state index contributed by atoms with van der Waals surface area (Å²) in [6, 6.07) is 0. The van der Waals surface area contributed by atoms with Crippen LogP contribution < -0.4 is 0 Å². The quantitative estimate of drug-likeness (QED) is 0.418. The van der Waals surface area contributed by atoms with E-state index in [2.05, 4.69) is 25.8 Å². The Hall–Kier alpha value is -1.33. The Morgan fingerprint density at radius 1 is 1.50 bits per heavy atom. The van der Waals surface area contributed by atoms with Crippen molar-refractivity contribution < 1.29 is 9.53 Å². The Labute approximate surface area is 96.3 Å². The van der Waals surface area contributed by atoms with Crippen molar-refractivity contribution in [2.45, 2.75) is 46.1 Å². The Kier molecular flexibility index (Phi) is 3.72. The molecule has 1 aliphatic carbocycles. The number of hydrogen-bond donors (Lipinski definition) is 0. The molecule has 0 radical (unpaired) electrons. The number of carbonyl (C=O) groups excluding carboxylic acids is 1. The van der Waals surface area contributed by atoms with E-state index in [-0.39, 0.29) is 16.9 Å². The van der Waals surface area contributed by atoms with Gasteiger partial charge >= 0.3 is 0 Å². The predicted molar refractivity (Wildman–Crippen MR) is 59.2 cm³/mol. The normalized spacial score (nSPS) is 32.2. The zero-order valence-corrected chi connectivity index (χ0v) is 10.1. The van der Waals surface area contributed by atoms with E-state index in [1.165, 1.54) is 0 Å². The summed E-state index contributed by atoms with van der Waals surface area (Å²) in [5, 5.41) is 8.58. The summed E-state index contributed by atoms with van der Waals surface area (Å²) in [5.74, 6) is 0.